The summed E-state index contributed by atoms with van der Waals surface area (Å²) in [5.74, 6) is 0.00831. The standard InChI is InChI=1S/C14H17FO3/c1-9-2-5-11(8-12(9)15)18-14-7-4-10(16)3-6-13(14)17/h2,5,8,10,14,16H,3-4,6-7H2,1H3. The second kappa shape index (κ2) is 5.48. The Morgan fingerprint density at radius 1 is 1.33 bits per heavy atom. The summed E-state index contributed by atoms with van der Waals surface area (Å²) in [7, 11) is 0. The second-order valence-electron chi connectivity index (χ2n) is 4.75. The van der Waals surface area contributed by atoms with Crippen molar-refractivity contribution >= 4 is 5.78 Å². The van der Waals surface area contributed by atoms with Crippen LogP contribution in [0.4, 0.5) is 4.39 Å². The Kier molecular flexibility index (Phi) is 3.97. The minimum absolute atomic E-state index is 0.0208. The molecule has 4 heteroatoms. The number of aryl methyl sites for hydroxylation is 1. The first kappa shape index (κ1) is 13.0. The molecule has 0 saturated heterocycles. The molecule has 2 unspecified atom stereocenters. The quantitative estimate of drug-likeness (QED) is 0.822. The van der Waals surface area contributed by atoms with Gasteiger partial charge in [-0.2, -0.15) is 0 Å². The lowest BCUT2D eigenvalue weighted by molar-refractivity contribution is -0.125. The van der Waals surface area contributed by atoms with Crippen molar-refractivity contribution in [2.75, 3.05) is 0 Å². The lowest BCUT2D eigenvalue weighted by Crippen LogP contribution is -2.25. The number of aliphatic hydroxyl groups excluding tert-OH is 1. The highest BCUT2D eigenvalue weighted by molar-refractivity contribution is 5.83. The van der Waals surface area contributed by atoms with E-state index in [1.807, 2.05) is 0 Å². The molecule has 1 N–H and O–H groups in total. The van der Waals surface area contributed by atoms with Gasteiger partial charge in [0.05, 0.1) is 6.10 Å². The van der Waals surface area contributed by atoms with Crippen molar-refractivity contribution in [1.82, 2.24) is 0 Å². The number of ether oxygens (including phenoxy) is 1. The lowest BCUT2D eigenvalue weighted by atomic mass is 10.1. The Bertz CT molecular complexity index is 445. The average molecular weight is 252 g/mol. The van der Waals surface area contributed by atoms with Gasteiger partial charge in [0.25, 0.3) is 0 Å². The van der Waals surface area contributed by atoms with Gasteiger partial charge in [0, 0.05) is 12.5 Å². The van der Waals surface area contributed by atoms with Gasteiger partial charge in [-0.25, -0.2) is 4.39 Å². The summed E-state index contributed by atoms with van der Waals surface area (Å²) in [6.45, 7) is 1.67. The Morgan fingerprint density at radius 3 is 2.83 bits per heavy atom. The van der Waals surface area contributed by atoms with Crippen LogP contribution < -0.4 is 4.74 Å². The normalized spacial score (nSPS) is 24.7. The fraction of sp³-hybridized carbons (Fsp3) is 0.500. The van der Waals surface area contributed by atoms with Crippen LogP contribution >= 0.6 is 0 Å². The molecule has 1 aliphatic rings. The molecule has 98 valence electrons. The third kappa shape index (κ3) is 3.07. The first-order valence-electron chi connectivity index (χ1n) is 6.20. The molecule has 0 amide bonds. The molecule has 1 aromatic carbocycles. The first-order valence-corrected chi connectivity index (χ1v) is 6.20. The van der Waals surface area contributed by atoms with Crippen molar-refractivity contribution < 1.29 is 19.0 Å². The molecule has 2 atom stereocenters. The third-order valence-corrected chi connectivity index (χ3v) is 3.27. The van der Waals surface area contributed by atoms with Gasteiger partial charge in [-0.1, -0.05) is 6.07 Å². The second-order valence-corrected chi connectivity index (χ2v) is 4.75. The molecule has 1 aromatic rings. The minimum atomic E-state index is -0.566. The van der Waals surface area contributed by atoms with Crippen LogP contribution in [0.3, 0.4) is 0 Å². The van der Waals surface area contributed by atoms with Gasteiger partial charge >= 0.3 is 0 Å². The molecule has 1 saturated carbocycles. The van der Waals surface area contributed by atoms with E-state index in [0.29, 0.717) is 37.0 Å². The Labute approximate surface area is 106 Å². The van der Waals surface area contributed by atoms with Crippen molar-refractivity contribution in [3.05, 3.63) is 29.6 Å². The molecule has 0 radical (unpaired) electrons. The summed E-state index contributed by atoms with van der Waals surface area (Å²) >= 11 is 0. The van der Waals surface area contributed by atoms with Crippen LogP contribution in [0.1, 0.15) is 31.2 Å². The van der Waals surface area contributed by atoms with Gasteiger partial charge in [-0.05, 0) is 37.8 Å². The maximum absolute atomic E-state index is 13.4. The molecule has 0 bridgehead atoms. The Hall–Kier alpha value is -1.42. The highest BCUT2D eigenvalue weighted by Crippen LogP contribution is 2.22. The molecule has 1 aliphatic carbocycles. The highest BCUT2D eigenvalue weighted by Gasteiger charge is 2.26. The van der Waals surface area contributed by atoms with E-state index in [2.05, 4.69) is 0 Å². The number of benzene rings is 1. The predicted octanol–water partition coefficient (Wildman–Crippen LogP) is 2.39. The number of carbonyl (C=O) groups is 1. The summed E-state index contributed by atoms with van der Waals surface area (Å²) in [6, 6.07) is 4.58. The van der Waals surface area contributed by atoms with Crippen molar-refractivity contribution in [2.45, 2.75) is 44.8 Å². The molecule has 2 rings (SSSR count). The largest absolute Gasteiger partial charge is 0.483 e. The van der Waals surface area contributed by atoms with Crippen molar-refractivity contribution in [3.8, 4) is 5.75 Å². The summed E-state index contributed by atoms with van der Waals surface area (Å²) in [5, 5.41) is 9.50. The molecule has 0 aliphatic heterocycles. The average Bonchev–Trinajstić information content (AvgIpc) is 2.49. The zero-order valence-corrected chi connectivity index (χ0v) is 10.4. The number of Topliss-reactive ketones (excluding diaryl/α,β-unsaturated/α-hetero) is 1. The topological polar surface area (TPSA) is 46.5 Å². The van der Waals surface area contributed by atoms with Gasteiger partial charge < -0.3 is 9.84 Å². The molecule has 0 heterocycles. The van der Waals surface area contributed by atoms with E-state index >= 15 is 0 Å². The molecule has 1 fully saturated rings. The van der Waals surface area contributed by atoms with Gasteiger partial charge in [-0.3, -0.25) is 4.79 Å². The fourth-order valence-electron chi connectivity index (χ4n) is 2.05. The zero-order chi connectivity index (χ0) is 13.1. The number of rotatable bonds is 2. The maximum atomic E-state index is 13.4. The zero-order valence-electron chi connectivity index (χ0n) is 10.4. The number of hydrogen-bond acceptors (Lipinski definition) is 3. The van der Waals surface area contributed by atoms with Crippen LogP contribution in [0.5, 0.6) is 5.75 Å². The van der Waals surface area contributed by atoms with Crippen molar-refractivity contribution in [3.63, 3.8) is 0 Å². The van der Waals surface area contributed by atoms with Gasteiger partial charge in [0.2, 0.25) is 0 Å². The summed E-state index contributed by atoms with van der Waals surface area (Å²) in [4.78, 5) is 11.8. The molecule has 18 heavy (non-hydrogen) atoms. The van der Waals surface area contributed by atoms with Crippen LogP contribution in [0, 0.1) is 12.7 Å². The van der Waals surface area contributed by atoms with Crippen LogP contribution in [0.25, 0.3) is 0 Å². The van der Waals surface area contributed by atoms with E-state index < -0.39 is 12.2 Å². The minimum Gasteiger partial charge on any atom is -0.483 e. The number of aliphatic hydroxyl groups is 1. The number of halogens is 1. The third-order valence-electron chi connectivity index (χ3n) is 3.27. The number of carbonyl (C=O) groups excluding carboxylic acids is 1. The van der Waals surface area contributed by atoms with Gasteiger partial charge in [0.1, 0.15) is 11.6 Å². The van der Waals surface area contributed by atoms with E-state index in [4.69, 9.17) is 4.74 Å². The van der Waals surface area contributed by atoms with Gasteiger partial charge in [0.15, 0.2) is 11.9 Å². The van der Waals surface area contributed by atoms with E-state index in [1.54, 1.807) is 19.1 Å². The van der Waals surface area contributed by atoms with E-state index in [9.17, 15) is 14.3 Å². The predicted molar refractivity (Wildman–Crippen MR) is 65.0 cm³/mol. The fourth-order valence-corrected chi connectivity index (χ4v) is 2.05. The van der Waals surface area contributed by atoms with Crippen LogP contribution in [-0.2, 0) is 4.79 Å². The highest BCUT2D eigenvalue weighted by atomic mass is 19.1. The Morgan fingerprint density at radius 2 is 2.11 bits per heavy atom. The summed E-state index contributed by atoms with van der Waals surface area (Å²) in [5.41, 5.74) is 0.546. The van der Waals surface area contributed by atoms with E-state index in [0.717, 1.165) is 0 Å². The molecule has 0 spiro atoms. The summed E-state index contributed by atoms with van der Waals surface area (Å²) < 4.78 is 18.9. The molecule has 3 nitrogen and oxygen atoms in total. The van der Waals surface area contributed by atoms with Crippen LogP contribution in [-0.4, -0.2) is 23.1 Å². The molecule has 0 aromatic heterocycles. The number of hydrogen-bond donors (Lipinski definition) is 1. The lowest BCUT2D eigenvalue weighted by Gasteiger charge is -2.16. The van der Waals surface area contributed by atoms with Crippen molar-refractivity contribution in [1.29, 1.82) is 0 Å². The maximum Gasteiger partial charge on any atom is 0.173 e. The Balaban J connectivity index is 2.07. The molecular formula is C14H17FO3. The molecular weight excluding hydrogens is 235 g/mol. The van der Waals surface area contributed by atoms with Crippen LogP contribution in [0.2, 0.25) is 0 Å². The SMILES string of the molecule is Cc1ccc(OC2CCC(O)CCC2=O)cc1F. The smallest absolute Gasteiger partial charge is 0.173 e. The van der Waals surface area contributed by atoms with Crippen LogP contribution in [0.15, 0.2) is 18.2 Å². The van der Waals surface area contributed by atoms with Gasteiger partial charge in [-0.15, -0.1) is 0 Å². The van der Waals surface area contributed by atoms with E-state index in [1.165, 1.54) is 6.07 Å². The van der Waals surface area contributed by atoms with E-state index in [-0.39, 0.29) is 11.6 Å². The van der Waals surface area contributed by atoms with Crippen molar-refractivity contribution in [2.24, 2.45) is 0 Å². The number of ketones is 1. The first-order chi connectivity index (χ1) is 8.56. The monoisotopic (exact) mass is 252 g/mol. The summed E-state index contributed by atoms with van der Waals surface area (Å²) in [6.07, 6.45) is 0.836.